The van der Waals surface area contributed by atoms with E-state index in [9.17, 15) is 9.59 Å². The lowest BCUT2D eigenvalue weighted by atomic mass is 10.1. The number of hydrogen-bond acceptors (Lipinski definition) is 4. The quantitative estimate of drug-likeness (QED) is 0.458. The lowest BCUT2D eigenvalue weighted by molar-refractivity contribution is -0.154. The Kier molecular flexibility index (Phi) is 7.22. The molecule has 0 aromatic heterocycles. The van der Waals surface area contributed by atoms with Gasteiger partial charge < -0.3 is 9.64 Å². The summed E-state index contributed by atoms with van der Waals surface area (Å²) >= 11 is 1.75. The summed E-state index contributed by atoms with van der Waals surface area (Å²) in [5.74, 6) is 0.893. The summed E-state index contributed by atoms with van der Waals surface area (Å²) in [6.45, 7) is 4.60. The van der Waals surface area contributed by atoms with Crippen molar-refractivity contribution < 1.29 is 14.3 Å². The number of thioether (sulfide) groups is 1. The van der Waals surface area contributed by atoms with Gasteiger partial charge in [-0.25, -0.2) is 4.79 Å². The zero-order valence-electron chi connectivity index (χ0n) is 16.4. The highest BCUT2D eigenvalue weighted by Crippen LogP contribution is 2.50. The summed E-state index contributed by atoms with van der Waals surface area (Å²) in [7, 11) is 0. The molecule has 4 unspecified atom stereocenters. The molecule has 1 saturated heterocycles. The Balaban J connectivity index is 1.69. The molecule has 1 aliphatic heterocycles. The largest absolute Gasteiger partial charge is 0.464 e. The molecule has 5 heteroatoms. The average Bonchev–Trinajstić information content (AvgIpc) is 3.39. The topological polar surface area (TPSA) is 46.6 Å². The fourth-order valence-corrected chi connectivity index (χ4v) is 5.30. The third kappa shape index (κ3) is 4.87. The molecule has 0 N–H and O–H groups in total. The number of amides is 1. The van der Waals surface area contributed by atoms with Gasteiger partial charge in [0.2, 0.25) is 5.91 Å². The van der Waals surface area contributed by atoms with Crippen LogP contribution in [-0.4, -0.2) is 40.6 Å². The van der Waals surface area contributed by atoms with E-state index in [4.69, 9.17) is 4.74 Å². The highest BCUT2D eigenvalue weighted by molar-refractivity contribution is 8.00. The van der Waals surface area contributed by atoms with Crippen LogP contribution in [0.15, 0.2) is 30.3 Å². The highest BCUT2D eigenvalue weighted by Gasteiger charge is 2.51. The van der Waals surface area contributed by atoms with Crippen molar-refractivity contribution in [2.24, 2.45) is 5.92 Å². The van der Waals surface area contributed by atoms with Crippen molar-refractivity contribution in [3.8, 4) is 0 Å². The van der Waals surface area contributed by atoms with Gasteiger partial charge in [-0.15, -0.1) is 11.8 Å². The monoisotopic (exact) mass is 389 g/mol. The van der Waals surface area contributed by atoms with Crippen molar-refractivity contribution in [1.82, 2.24) is 4.90 Å². The molecule has 1 saturated carbocycles. The van der Waals surface area contributed by atoms with Crippen molar-refractivity contribution in [3.63, 3.8) is 0 Å². The molecule has 2 aliphatic rings. The first-order valence-corrected chi connectivity index (χ1v) is 11.4. The fourth-order valence-electron chi connectivity index (χ4n) is 3.86. The Hall–Kier alpha value is -1.49. The third-order valence-electron chi connectivity index (χ3n) is 5.46. The van der Waals surface area contributed by atoms with E-state index in [0.29, 0.717) is 18.3 Å². The summed E-state index contributed by atoms with van der Waals surface area (Å²) in [6.07, 6.45) is 6.08. The molecule has 0 radical (unpaired) electrons. The van der Waals surface area contributed by atoms with Gasteiger partial charge in [-0.1, -0.05) is 63.4 Å². The molecule has 148 valence electrons. The first-order chi connectivity index (χ1) is 13.2. The van der Waals surface area contributed by atoms with E-state index in [2.05, 4.69) is 19.1 Å². The smallest absolute Gasteiger partial charge is 0.329 e. The van der Waals surface area contributed by atoms with Gasteiger partial charge in [0.1, 0.15) is 6.04 Å². The second kappa shape index (κ2) is 9.63. The molecule has 1 heterocycles. The Labute approximate surface area is 167 Å². The molecule has 4 atom stereocenters. The number of esters is 1. The van der Waals surface area contributed by atoms with Gasteiger partial charge in [-0.05, 0) is 30.7 Å². The summed E-state index contributed by atoms with van der Waals surface area (Å²) in [4.78, 5) is 27.8. The third-order valence-corrected chi connectivity index (χ3v) is 6.81. The van der Waals surface area contributed by atoms with Gasteiger partial charge >= 0.3 is 5.97 Å². The number of hydrogen-bond donors (Lipinski definition) is 0. The first kappa shape index (κ1) is 20.2. The molecule has 0 spiro atoms. The van der Waals surface area contributed by atoms with Gasteiger partial charge in [-0.2, -0.15) is 0 Å². The molecule has 1 aromatic rings. The van der Waals surface area contributed by atoms with E-state index in [1.807, 2.05) is 30.0 Å². The van der Waals surface area contributed by atoms with E-state index in [0.717, 1.165) is 32.1 Å². The number of benzene rings is 1. The molecule has 1 aliphatic carbocycles. The van der Waals surface area contributed by atoms with Gasteiger partial charge in [0.05, 0.1) is 12.0 Å². The standard InChI is InChI=1S/C22H31NO3S/c1-3-5-7-12-20-23(19(15-27-20)22(25)26-13-4-2)21(24)18-14-17(18)16-10-8-6-9-11-16/h6,8-11,17-20H,3-5,7,12-15H2,1-2H3. The van der Waals surface area contributed by atoms with Crippen LogP contribution in [0.25, 0.3) is 0 Å². The summed E-state index contributed by atoms with van der Waals surface area (Å²) < 4.78 is 5.39. The van der Waals surface area contributed by atoms with Crippen molar-refractivity contribution in [2.45, 2.75) is 69.7 Å². The van der Waals surface area contributed by atoms with Crippen LogP contribution in [0, 0.1) is 5.92 Å². The number of ether oxygens (including phenoxy) is 1. The zero-order valence-corrected chi connectivity index (χ0v) is 17.2. The highest BCUT2D eigenvalue weighted by atomic mass is 32.2. The number of rotatable bonds is 9. The Bertz CT molecular complexity index is 636. The lowest BCUT2D eigenvalue weighted by Crippen LogP contribution is -2.47. The van der Waals surface area contributed by atoms with Crippen LogP contribution in [0.4, 0.5) is 0 Å². The van der Waals surface area contributed by atoms with Crippen LogP contribution in [0.3, 0.4) is 0 Å². The number of carbonyl (C=O) groups excluding carboxylic acids is 2. The minimum absolute atomic E-state index is 0.0150. The van der Waals surface area contributed by atoms with Gasteiger partial charge in [-0.3, -0.25) is 4.79 Å². The van der Waals surface area contributed by atoms with Crippen LogP contribution in [-0.2, 0) is 14.3 Å². The SMILES string of the molecule is CCCCCC1SCC(C(=O)OCCC)N1C(=O)C1CC1c1ccccc1. The molecule has 27 heavy (non-hydrogen) atoms. The van der Waals surface area contributed by atoms with E-state index < -0.39 is 6.04 Å². The predicted molar refractivity (Wildman–Crippen MR) is 110 cm³/mol. The summed E-state index contributed by atoms with van der Waals surface area (Å²) in [6, 6.07) is 9.84. The Morgan fingerprint density at radius 1 is 1.15 bits per heavy atom. The van der Waals surface area contributed by atoms with Crippen LogP contribution in [0.5, 0.6) is 0 Å². The molecule has 3 rings (SSSR count). The van der Waals surface area contributed by atoms with E-state index >= 15 is 0 Å². The van der Waals surface area contributed by atoms with E-state index in [-0.39, 0.29) is 23.2 Å². The Morgan fingerprint density at radius 3 is 2.63 bits per heavy atom. The van der Waals surface area contributed by atoms with Gasteiger partial charge in [0.15, 0.2) is 0 Å². The minimum Gasteiger partial charge on any atom is -0.464 e. The number of unbranched alkanes of at least 4 members (excludes halogenated alkanes) is 2. The fraction of sp³-hybridized carbons (Fsp3) is 0.636. The molecule has 0 bridgehead atoms. The average molecular weight is 390 g/mol. The molecule has 4 nitrogen and oxygen atoms in total. The summed E-state index contributed by atoms with van der Waals surface area (Å²) in [5.41, 5.74) is 1.23. The van der Waals surface area contributed by atoms with Crippen molar-refractivity contribution in [2.75, 3.05) is 12.4 Å². The lowest BCUT2D eigenvalue weighted by Gasteiger charge is -2.28. The maximum Gasteiger partial charge on any atom is 0.329 e. The van der Waals surface area contributed by atoms with Crippen LogP contribution < -0.4 is 0 Å². The second-order valence-corrected chi connectivity index (χ2v) is 8.78. The summed E-state index contributed by atoms with van der Waals surface area (Å²) in [5, 5.41) is 0.111. The predicted octanol–water partition coefficient (Wildman–Crippen LogP) is 4.59. The van der Waals surface area contributed by atoms with Crippen LogP contribution in [0.1, 0.15) is 63.9 Å². The molecular formula is C22H31NO3S. The van der Waals surface area contributed by atoms with Gasteiger partial charge in [0.25, 0.3) is 0 Å². The first-order valence-electron chi connectivity index (χ1n) is 10.3. The van der Waals surface area contributed by atoms with E-state index in [1.165, 1.54) is 12.0 Å². The number of nitrogens with zero attached hydrogens (tertiary/aromatic N) is 1. The molecule has 1 amide bonds. The Morgan fingerprint density at radius 2 is 1.93 bits per heavy atom. The minimum atomic E-state index is -0.419. The molecule has 2 fully saturated rings. The molecule has 1 aromatic carbocycles. The normalized spacial score (nSPS) is 26.8. The van der Waals surface area contributed by atoms with Crippen molar-refractivity contribution >= 4 is 23.6 Å². The van der Waals surface area contributed by atoms with Crippen LogP contribution >= 0.6 is 11.8 Å². The van der Waals surface area contributed by atoms with Gasteiger partial charge in [0, 0.05) is 11.7 Å². The van der Waals surface area contributed by atoms with Crippen molar-refractivity contribution in [3.05, 3.63) is 35.9 Å². The maximum absolute atomic E-state index is 13.3. The van der Waals surface area contributed by atoms with Crippen molar-refractivity contribution in [1.29, 1.82) is 0 Å². The second-order valence-electron chi connectivity index (χ2n) is 7.57. The van der Waals surface area contributed by atoms with Crippen LogP contribution in [0.2, 0.25) is 0 Å². The number of carbonyl (C=O) groups is 2. The molecular weight excluding hydrogens is 358 g/mol. The zero-order chi connectivity index (χ0) is 19.2. The van der Waals surface area contributed by atoms with E-state index in [1.54, 1.807) is 11.8 Å². The maximum atomic E-state index is 13.3.